The zero-order valence-electron chi connectivity index (χ0n) is 23.4. The second-order valence-corrected chi connectivity index (χ2v) is 11.5. The molecule has 0 radical (unpaired) electrons. The molecule has 0 saturated heterocycles. The number of carbonyl (C=O) groups excluding carboxylic acids is 1. The van der Waals surface area contributed by atoms with E-state index in [1.165, 1.54) is 19.3 Å². The molecule has 234 valence electrons. The van der Waals surface area contributed by atoms with Crippen molar-refractivity contribution in [3.63, 3.8) is 0 Å². The first-order chi connectivity index (χ1) is 19.0. The van der Waals surface area contributed by atoms with Crippen LogP contribution in [-0.4, -0.2) is 97.4 Å². The molecule has 0 aromatic heterocycles. The predicted molar refractivity (Wildman–Crippen MR) is 147 cm³/mol. The van der Waals surface area contributed by atoms with Crippen molar-refractivity contribution in [3.8, 4) is 0 Å². The van der Waals surface area contributed by atoms with Crippen molar-refractivity contribution < 1.29 is 58.7 Å². The van der Waals surface area contributed by atoms with Crippen molar-refractivity contribution in [1.82, 2.24) is 0 Å². The van der Waals surface area contributed by atoms with Gasteiger partial charge in [0.05, 0.1) is 6.61 Å². The second kappa shape index (κ2) is 20.7. The highest BCUT2D eigenvalue weighted by Crippen LogP contribution is 2.47. The predicted octanol–water partition coefficient (Wildman–Crippen LogP) is 2.02. The number of allylic oxidation sites excluding steroid dienone is 4. The Kier molecular flexibility index (Phi) is 19.0. The lowest BCUT2D eigenvalue weighted by atomic mass is 9.85. The number of ether oxygens (including phenoxy) is 1. The normalized spacial score (nSPS) is 27.7. The first-order valence-corrected chi connectivity index (χ1v) is 15.7. The molecule has 0 aliphatic heterocycles. The molecule has 1 aliphatic carbocycles. The van der Waals surface area contributed by atoms with E-state index in [1.807, 2.05) is 0 Å². The molecule has 0 heterocycles. The summed E-state index contributed by atoms with van der Waals surface area (Å²) in [6.45, 7) is 0.932. The molecule has 0 aromatic rings. The van der Waals surface area contributed by atoms with Gasteiger partial charge >= 0.3 is 13.8 Å². The Morgan fingerprint density at radius 1 is 0.775 bits per heavy atom. The number of phosphoric acid groups is 1. The third-order valence-corrected chi connectivity index (χ3v) is 7.51. The van der Waals surface area contributed by atoms with Crippen LogP contribution in [0.3, 0.4) is 0 Å². The molecule has 1 saturated carbocycles. The van der Waals surface area contributed by atoms with Gasteiger partial charge in [0.25, 0.3) is 0 Å². The van der Waals surface area contributed by atoms with Gasteiger partial charge in [0.2, 0.25) is 0 Å². The number of hydrogen-bond acceptors (Lipinski definition) is 11. The Morgan fingerprint density at radius 3 is 1.90 bits per heavy atom. The smallest absolute Gasteiger partial charge is 0.463 e. The van der Waals surface area contributed by atoms with Crippen LogP contribution in [0, 0.1) is 0 Å². The summed E-state index contributed by atoms with van der Waals surface area (Å²) in [6.07, 6.45) is 7.40. The molecule has 0 bridgehead atoms. The third kappa shape index (κ3) is 15.2. The summed E-state index contributed by atoms with van der Waals surface area (Å²) >= 11 is 0. The molecular weight excluding hydrogens is 547 g/mol. The van der Waals surface area contributed by atoms with Crippen LogP contribution in [0.15, 0.2) is 24.3 Å². The van der Waals surface area contributed by atoms with Gasteiger partial charge in [-0.3, -0.25) is 13.8 Å². The molecule has 40 heavy (non-hydrogen) atoms. The summed E-state index contributed by atoms with van der Waals surface area (Å²) in [5.41, 5.74) is 0. The number of hydrogen-bond donors (Lipinski definition) is 7. The van der Waals surface area contributed by atoms with Gasteiger partial charge in [-0.2, -0.15) is 0 Å². The highest BCUT2D eigenvalue weighted by molar-refractivity contribution is 7.47. The van der Waals surface area contributed by atoms with Gasteiger partial charge in [-0.15, -0.1) is 0 Å². The molecule has 0 aromatic carbocycles. The average Bonchev–Trinajstić information content (AvgIpc) is 2.93. The number of carbonyl (C=O) groups is 1. The number of aliphatic hydroxyl groups is 6. The molecule has 8 atom stereocenters. The van der Waals surface area contributed by atoms with Gasteiger partial charge in [-0.05, 0) is 38.5 Å². The minimum Gasteiger partial charge on any atom is -0.463 e. The SMILES string of the molecule is CCCCC/C=C\C/C=C\CCCCCCCC(=O)OC[C@@H](O)COP(=O)(O)OC1[C@H](O)[C@H](O)C(O)[C@H](O)[C@H]1O. The maximum absolute atomic E-state index is 12.1. The quantitative estimate of drug-likeness (QED) is 0.0440. The highest BCUT2D eigenvalue weighted by Gasteiger charge is 2.51. The van der Waals surface area contributed by atoms with Gasteiger partial charge < -0.3 is 40.3 Å². The minimum absolute atomic E-state index is 0.174. The molecule has 7 N–H and O–H groups in total. The Bertz CT molecular complexity index is 775. The number of rotatable bonds is 21. The van der Waals surface area contributed by atoms with Gasteiger partial charge in [0.1, 0.15) is 49.3 Å². The molecule has 0 spiro atoms. The Balaban J connectivity index is 2.11. The molecule has 1 aliphatic rings. The zero-order chi connectivity index (χ0) is 30.0. The van der Waals surface area contributed by atoms with E-state index >= 15 is 0 Å². The topological polar surface area (TPSA) is 203 Å². The lowest BCUT2D eigenvalue weighted by molar-refractivity contribution is -0.220. The van der Waals surface area contributed by atoms with Gasteiger partial charge in [-0.1, -0.05) is 63.3 Å². The maximum Gasteiger partial charge on any atom is 0.472 e. The van der Waals surface area contributed by atoms with E-state index in [4.69, 9.17) is 4.74 Å². The van der Waals surface area contributed by atoms with Crippen LogP contribution in [0.2, 0.25) is 0 Å². The molecule has 0 amide bonds. The molecule has 3 unspecified atom stereocenters. The summed E-state index contributed by atoms with van der Waals surface area (Å²) < 4.78 is 26.3. The van der Waals surface area contributed by atoms with E-state index in [1.54, 1.807) is 0 Å². The van der Waals surface area contributed by atoms with Gasteiger partial charge in [0, 0.05) is 6.42 Å². The first-order valence-electron chi connectivity index (χ1n) is 14.2. The van der Waals surface area contributed by atoms with E-state index in [-0.39, 0.29) is 6.42 Å². The van der Waals surface area contributed by atoms with E-state index in [2.05, 4.69) is 40.3 Å². The third-order valence-electron chi connectivity index (χ3n) is 6.53. The fourth-order valence-corrected chi connectivity index (χ4v) is 5.05. The van der Waals surface area contributed by atoms with E-state index in [0.29, 0.717) is 6.42 Å². The summed E-state index contributed by atoms with van der Waals surface area (Å²) in [6, 6.07) is 0. The maximum atomic E-state index is 12.1. The summed E-state index contributed by atoms with van der Waals surface area (Å²) in [4.78, 5) is 21.7. The standard InChI is InChI=1S/C27H49O12P/c1-2-3-4-5-6-7-8-9-10-11-12-13-14-15-16-17-21(29)37-18-20(28)19-38-40(35,36)39-27-25(33)23(31)22(30)24(32)26(27)34/h6-7,9-10,20,22-28,30-34H,2-5,8,11-19H2,1H3,(H,35,36)/b7-6-,10-9-/t20-,22?,23-,24+,25-,26-,27?/m1/s1. The Labute approximate surface area is 236 Å². The minimum atomic E-state index is -4.99. The van der Waals surface area contributed by atoms with Crippen LogP contribution >= 0.6 is 7.82 Å². The van der Waals surface area contributed by atoms with E-state index in [9.17, 15) is 44.9 Å². The molecular formula is C27H49O12P. The van der Waals surface area contributed by atoms with Crippen molar-refractivity contribution in [1.29, 1.82) is 0 Å². The van der Waals surface area contributed by atoms with Crippen molar-refractivity contribution in [2.75, 3.05) is 13.2 Å². The van der Waals surface area contributed by atoms with E-state index < -0.39 is 69.7 Å². The molecule has 12 nitrogen and oxygen atoms in total. The summed E-state index contributed by atoms with van der Waals surface area (Å²) in [7, 11) is -4.99. The van der Waals surface area contributed by atoms with Crippen LogP contribution in [0.4, 0.5) is 0 Å². The number of unbranched alkanes of at least 4 members (excludes halogenated alkanes) is 8. The van der Waals surface area contributed by atoms with Crippen LogP contribution < -0.4 is 0 Å². The molecule has 13 heteroatoms. The fourth-order valence-electron chi connectivity index (χ4n) is 4.08. The number of esters is 1. The lowest BCUT2D eigenvalue weighted by Gasteiger charge is -2.41. The van der Waals surface area contributed by atoms with Crippen LogP contribution in [0.5, 0.6) is 0 Å². The Morgan fingerprint density at radius 2 is 1.30 bits per heavy atom. The second-order valence-electron chi connectivity index (χ2n) is 10.1. The van der Waals surface area contributed by atoms with Gasteiger partial charge in [-0.25, -0.2) is 4.57 Å². The van der Waals surface area contributed by atoms with Crippen molar-refractivity contribution >= 4 is 13.8 Å². The molecule has 1 fully saturated rings. The van der Waals surface area contributed by atoms with Crippen molar-refractivity contribution in [2.24, 2.45) is 0 Å². The number of aliphatic hydroxyl groups excluding tert-OH is 6. The lowest BCUT2D eigenvalue weighted by Crippen LogP contribution is -2.64. The average molecular weight is 597 g/mol. The van der Waals surface area contributed by atoms with Crippen LogP contribution in [0.25, 0.3) is 0 Å². The van der Waals surface area contributed by atoms with E-state index in [0.717, 1.165) is 44.9 Å². The first kappa shape index (κ1) is 36.8. The van der Waals surface area contributed by atoms with Crippen LogP contribution in [0.1, 0.15) is 84.0 Å². The molecule has 1 rings (SSSR count). The largest absolute Gasteiger partial charge is 0.472 e. The zero-order valence-corrected chi connectivity index (χ0v) is 24.3. The summed E-state index contributed by atoms with van der Waals surface area (Å²) in [5, 5.41) is 58.5. The summed E-state index contributed by atoms with van der Waals surface area (Å²) in [5.74, 6) is -0.525. The number of phosphoric ester groups is 1. The highest BCUT2D eigenvalue weighted by atomic mass is 31.2. The Hall–Kier alpha value is -1.18. The van der Waals surface area contributed by atoms with Crippen LogP contribution in [-0.2, 0) is 23.1 Å². The fraction of sp³-hybridized carbons (Fsp3) is 0.815. The van der Waals surface area contributed by atoms with Gasteiger partial charge in [0.15, 0.2) is 0 Å². The monoisotopic (exact) mass is 596 g/mol. The van der Waals surface area contributed by atoms with Crippen molar-refractivity contribution in [3.05, 3.63) is 24.3 Å². The van der Waals surface area contributed by atoms with Crippen molar-refractivity contribution in [2.45, 2.75) is 127 Å².